The highest BCUT2D eigenvalue weighted by Crippen LogP contribution is 2.28. The van der Waals surface area contributed by atoms with Crippen molar-refractivity contribution in [3.05, 3.63) is 75.6 Å². The summed E-state index contributed by atoms with van der Waals surface area (Å²) >= 11 is 0. The molecule has 10 nitrogen and oxygen atoms in total. The number of hydrazine groups is 1. The van der Waals surface area contributed by atoms with Crippen LogP contribution in [0.1, 0.15) is 37.0 Å². The van der Waals surface area contributed by atoms with Crippen LogP contribution in [0.2, 0.25) is 0 Å². The van der Waals surface area contributed by atoms with Crippen LogP contribution in [0.25, 0.3) is 0 Å². The second kappa shape index (κ2) is 12.8. The molecule has 0 spiro atoms. The molecule has 0 unspecified atom stereocenters. The Morgan fingerprint density at radius 2 is 1.64 bits per heavy atom. The van der Waals surface area contributed by atoms with Crippen molar-refractivity contribution in [3.63, 3.8) is 0 Å². The fraction of sp³-hybridized carbons (Fsp3) is 0.308. The number of rotatable bonds is 12. The first-order valence-corrected chi connectivity index (χ1v) is 11.2. The van der Waals surface area contributed by atoms with Crippen molar-refractivity contribution in [2.24, 2.45) is 0 Å². The number of carbonyl (C=O) groups is 2. The van der Waals surface area contributed by atoms with E-state index < -0.39 is 17.5 Å². The molecule has 0 aliphatic rings. The number of aromatic hydroxyl groups is 1. The molecule has 1 aromatic carbocycles. The minimum Gasteiger partial charge on any atom is -0.493 e. The molecule has 36 heavy (non-hydrogen) atoms. The van der Waals surface area contributed by atoms with Crippen molar-refractivity contribution >= 4 is 23.3 Å². The molecule has 3 N–H and O–H groups in total. The van der Waals surface area contributed by atoms with E-state index in [9.17, 15) is 24.8 Å². The molecule has 0 aliphatic heterocycles. The molecule has 0 fully saturated rings. The molecule has 2 aromatic rings. The van der Waals surface area contributed by atoms with Gasteiger partial charge in [-0.3, -0.25) is 14.8 Å². The number of pyridine rings is 1. The quantitative estimate of drug-likeness (QED) is 0.175. The number of hydrogen-bond acceptors (Lipinski definition) is 9. The second-order valence-corrected chi connectivity index (χ2v) is 8.15. The third-order valence-corrected chi connectivity index (χ3v) is 5.17. The van der Waals surface area contributed by atoms with Crippen LogP contribution < -0.4 is 16.4 Å². The lowest BCUT2D eigenvalue weighted by Gasteiger charge is -2.18. The third-order valence-electron chi connectivity index (χ3n) is 5.17. The lowest BCUT2D eigenvalue weighted by molar-refractivity contribution is -0.139. The molecule has 10 heteroatoms. The molecule has 190 valence electrons. The number of esters is 2. The Kier molecular flexibility index (Phi) is 9.86. The van der Waals surface area contributed by atoms with Gasteiger partial charge in [-0.25, -0.2) is 9.59 Å². The molecule has 0 saturated carbocycles. The number of nitrogens with one attached hydrogen (secondary N) is 2. The maximum atomic E-state index is 12.7. The van der Waals surface area contributed by atoms with Crippen molar-refractivity contribution in [1.29, 1.82) is 5.26 Å². The largest absolute Gasteiger partial charge is 0.493 e. The number of aromatic nitrogens is 1. The van der Waals surface area contributed by atoms with Crippen LogP contribution in [-0.2, 0) is 32.0 Å². The first-order valence-electron chi connectivity index (χ1n) is 11.2. The van der Waals surface area contributed by atoms with E-state index >= 15 is 0 Å². The summed E-state index contributed by atoms with van der Waals surface area (Å²) in [5.74, 6) is -1.33. The van der Waals surface area contributed by atoms with Crippen LogP contribution in [0, 0.1) is 18.3 Å². The van der Waals surface area contributed by atoms with E-state index in [1.54, 1.807) is 26.0 Å². The van der Waals surface area contributed by atoms with Gasteiger partial charge in [0.25, 0.3) is 5.56 Å². The van der Waals surface area contributed by atoms with Gasteiger partial charge in [0, 0.05) is 29.7 Å². The summed E-state index contributed by atoms with van der Waals surface area (Å²) in [5.41, 5.74) is 7.71. The molecule has 2 rings (SSSR count). The van der Waals surface area contributed by atoms with Gasteiger partial charge in [-0.1, -0.05) is 25.3 Å². The van der Waals surface area contributed by atoms with E-state index in [4.69, 9.17) is 9.47 Å². The monoisotopic (exact) mass is 494 g/mol. The predicted octanol–water partition coefficient (Wildman–Crippen LogP) is 3.34. The average Bonchev–Trinajstić information content (AvgIpc) is 2.84. The summed E-state index contributed by atoms with van der Waals surface area (Å²) in [5, 5.41) is 20.2. The third kappa shape index (κ3) is 7.24. The summed E-state index contributed by atoms with van der Waals surface area (Å²) < 4.78 is 11.2. The highest BCUT2D eigenvalue weighted by Gasteiger charge is 2.19. The molecule has 0 aliphatic carbocycles. The van der Waals surface area contributed by atoms with Gasteiger partial charge in [0.15, 0.2) is 0 Å². The topological polar surface area (TPSA) is 143 Å². The van der Waals surface area contributed by atoms with Crippen LogP contribution in [0.5, 0.6) is 5.88 Å². The molecule has 0 radical (unpaired) electrons. The standard InChI is InChI=1S/C26H30N4O6/c1-16(2)25(33)35-13-6-12-30-23(31)21(15-27)18(5)22(24(30)32)29-28-20-9-7-19(8-10-20)11-14-36-26(34)17(3)4/h7-10,28-29,32H,1,3,6,11-14H2,2,4-5H3. The number of anilines is 2. The Bertz CT molecular complexity index is 1260. The van der Waals surface area contributed by atoms with Crippen LogP contribution in [0.4, 0.5) is 11.4 Å². The van der Waals surface area contributed by atoms with E-state index in [-0.39, 0.29) is 54.4 Å². The van der Waals surface area contributed by atoms with Crippen molar-refractivity contribution in [1.82, 2.24) is 4.57 Å². The van der Waals surface area contributed by atoms with Crippen molar-refractivity contribution in [2.75, 3.05) is 24.1 Å². The zero-order valence-corrected chi connectivity index (χ0v) is 20.6. The van der Waals surface area contributed by atoms with Gasteiger partial charge >= 0.3 is 11.9 Å². The first kappa shape index (κ1) is 27.7. The van der Waals surface area contributed by atoms with Gasteiger partial charge in [-0.15, -0.1) is 0 Å². The Morgan fingerprint density at radius 1 is 1.06 bits per heavy atom. The van der Waals surface area contributed by atoms with Crippen LogP contribution >= 0.6 is 0 Å². The zero-order chi connectivity index (χ0) is 26.8. The molecule has 1 aromatic heterocycles. The highest BCUT2D eigenvalue weighted by molar-refractivity contribution is 5.87. The van der Waals surface area contributed by atoms with Crippen molar-refractivity contribution in [3.8, 4) is 11.9 Å². The molecular formula is C26H30N4O6. The van der Waals surface area contributed by atoms with E-state index in [1.165, 1.54) is 6.92 Å². The zero-order valence-electron chi connectivity index (χ0n) is 20.6. The maximum absolute atomic E-state index is 12.7. The maximum Gasteiger partial charge on any atom is 0.333 e. The summed E-state index contributed by atoms with van der Waals surface area (Å²) in [7, 11) is 0. The van der Waals surface area contributed by atoms with Gasteiger partial charge < -0.3 is 20.0 Å². The number of ether oxygens (including phenoxy) is 2. The number of nitriles is 1. The summed E-state index contributed by atoms with van der Waals surface area (Å²) in [4.78, 5) is 35.6. The van der Waals surface area contributed by atoms with Crippen molar-refractivity contribution in [2.45, 2.75) is 40.2 Å². The van der Waals surface area contributed by atoms with Gasteiger partial charge in [-0.2, -0.15) is 5.26 Å². The minimum atomic E-state index is -0.638. The van der Waals surface area contributed by atoms with E-state index in [1.807, 2.05) is 18.2 Å². The van der Waals surface area contributed by atoms with Gasteiger partial charge in [0.2, 0.25) is 5.88 Å². The number of carbonyl (C=O) groups excluding carboxylic acids is 2. The van der Waals surface area contributed by atoms with Gasteiger partial charge in [0.1, 0.15) is 17.3 Å². The average molecular weight is 495 g/mol. The van der Waals surface area contributed by atoms with Crippen LogP contribution in [-0.4, -0.2) is 34.8 Å². The molecular weight excluding hydrogens is 464 g/mol. The van der Waals surface area contributed by atoms with Crippen LogP contribution in [0.15, 0.2) is 53.4 Å². The lowest BCUT2D eigenvalue weighted by Crippen LogP contribution is -2.26. The summed E-state index contributed by atoms with van der Waals surface area (Å²) in [6.07, 6.45) is 0.779. The highest BCUT2D eigenvalue weighted by atomic mass is 16.5. The first-order chi connectivity index (χ1) is 17.1. The lowest BCUT2D eigenvalue weighted by atomic mass is 10.1. The fourth-order valence-corrected chi connectivity index (χ4v) is 3.09. The number of nitrogens with zero attached hydrogens (tertiary/aromatic N) is 2. The summed E-state index contributed by atoms with van der Waals surface area (Å²) in [6, 6.07) is 9.15. The Balaban J connectivity index is 2.08. The molecule has 1 heterocycles. The smallest absolute Gasteiger partial charge is 0.333 e. The van der Waals surface area contributed by atoms with E-state index in [2.05, 4.69) is 24.0 Å². The second-order valence-electron chi connectivity index (χ2n) is 8.15. The minimum absolute atomic E-state index is 0.0209. The number of benzene rings is 1. The Labute approximate surface area is 209 Å². The molecule has 0 bridgehead atoms. The summed E-state index contributed by atoms with van der Waals surface area (Å²) in [6.45, 7) is 12.0. The van der Waals surface area contributed by atoms with Crippen LogP contribution in [0.3, 0.4) is 0 Å². The number of hydrogen-bond donors (Lipinski definition) is 3. The SMILES string of the molecule is C=C(C)C(=O)OCCCn1c(O)c(NNc2ccc(CCOC(=O)C(=C)C)cc2)c(C)c(C#N)c1=O. The Hall–Kier alpha value is -4.52. The van der Waals surface area contributed by atoms with Gasteiger partial charge in [0.05, 0.1) is 18.9 Å². The predicted molar refractivity (Wildman–Crippen MR) is 135 cm³/mol. The Morgan fingerprint density at radius 3 is 2.19 bits per heavy atom. The van der Waals surface area contributed by atoms with E-state index in [0.29, 0.717) is 17.7 Å². The fourth-order valence-electron chi connectivity index (χ4n) is 3.09. The molecule has 0 saturated heterocycles. The molecule has 0 amide bonds. The van der Waals surface area contributed by atoms with E-state index in [0.717, 1.165) is 10.1 Å². The van der Waals surface area contributed by atoms with Gasteiger partial charge in [-0.05, 0) is 44.9 Å². The molecule has 0 atom stereocenters. The van der Waals surface area contributed by atoms with Crippen molar-refractivity contribution < 1.29 is 24.2 Å². The normalized spacial score (nSPS) is 10.2.